The number of carbonyl (C=O) groups is 1. The lowest BCUT2D eigenvalue weighted by Crippen LogP contribution is -2.26. The average molecular weight is 227 g/mol. The van der Waals surface area contributed by atoms with Gasteiger partial charge in [-0.05, 0) is 7.05 Å². The predicted molar refractivity (Wildman–Crippen MR) is 59.0 cm³/mol. The van der Waals surface area contributed by atoms with Crippen molar-refractivity contribution in [2.24, 2.45) is 0 Å². The summed E-state index contributed by atoms with van der Waals surface area (Å²) in [5.41, 5.74) is 0. The van der Waals surface area contributed by atoms with Crippen LogP contribution < -0.4 is 15.5 Å². The first-order valence-electron chi connectivity index (χ1n) is 5.06. The highest BCUT2D eigenvalue weighted by molar-refractivity contribution is 5.76. The highest BCUT2D eigenvalue weighted by Crippen LogP contribution is 2.10. The standard InChI is InChI=1S/C9H17N5O2/c1-10-6-8-12-13-9(16-8)14(3)5-4-7(15)11-2/h10H,4-6H2,1-3H3,(H,11,15). The third-order valence-electron chi connectivity index (χ3n) is 2.06. The maximum atomic E-state index is 11.0. The van der Waals surface area contributed by atoms with Gasteiger partial charge in [0.25, 0.3) is 0 Å². The van der Waals surface area contributed by atoms with E-state index in [9.17, 15) is 4.79 Å². The molecule has 0 spiro atoms. The van der Waals surface area contributed by atoms with Crippen LogP contribution in [0.2, 0.25) is 0 Å². The Morgan fingerprint density at radius 1 is 1.44 bits per heavy atom. The van der Waals surface area contributed by atoms with Crippen LogP contribution in [-0.4, -0.2) is 43.8 Å². The summed E-state index contributed by atoms with van der Waals surface area (Å²) >= 11 is 0. The van der Waals surface area contributed by atoms with E-state index in [4.69, 9.17) is 4.42 Å². The van der Waals surface area contributed by atoms with Crippen molar-refractivity contribution in [3.05, 3.63) is 5.89 Å². The minimum atomic E-state index is -0.0122. The normalized spacial score (nSPS) is 10.2. The molecule has 7 nitrogen and oxygen atoms in total. The quantitative estimate of drug-likeness (QED) is 0.672. The maximum absolute atomic E-state index is 11.0. The van der Waals surface area contributed by atoms with Gasteiger partial charge in [0.1, 0.15) is 0 Å². The Morgan fingerprint density at radius 2 is 2.19 bits per heavy atom. The van der Waals surface area contributed by atoms with Gasteiger partial charge < -0.3 is 20.0 Å². The summed E-state index contributed by atoms with van der Waals surface area (Å²) in [4.78, 5) is 12.8. The van der Waals surface area contributed by atoms with Crippen LogP contribution in [0.4, 0.5) is 6.01 Å². The van der Waals surface area contributed by atoms with Crippen molar-refractivity contribution in [2.75, 3.05) is 32.6 Å². The Kier molecular flexibility index (Phi) is 4.71. The second kappa shape index (κ2) is 6.06. The molecule has 0 bridgehead atoms. The first kappa shape index (κ1) is 12.4. The van der Waals surface area contributed by atoms with Crippen LogP contribution in [0.3, 0.4) is 0 Å². The van der Waals surface area contributed by atoms with E-state index in [0.717, 1.165) is 0 Å². The third kappa shape index (κ3) is 3.50. The van der Waals surface area contributed by atoms with Crippen molar-refractivity contribution >= 4 is 11.9 Å². The summed E-state index contributed by atoms with van der Waals surface area (Å²) in [6.07, 6.45) is 0.400. The summed E-state index contributed by atoms with van der Waals surface area (Å²) in [5.74, 6) is 0.520. The van der Waals surface area contributed by atoms with E-state index >= 15 is 0 Å². The molecule has 1 amide bonds. The van der Waals surface area contributed by atoms with Crippen molar-refractivity contribution in [1.82, 2.24) is 20.8 Å². The molecule has 1 aromatic rings. The number of carbonyl (C=O) groups excluding carboxylic acids is 1. The minimum absolute atomic E-state index is 0.0122. The van der Waals surface area contributed by atoms with Crippen molar-refractivity contribution in [1.29, 1.82) is 0 Å². The van der Waals surface area contributed by atoms with Crippen LogP contribution in [0, 0.1) is 0 Å². The van der Waals surface area contributed by atoms with Gasteiger partial charge in [-0.2, -0.15) is 0 Å². The summed E-state index contributed by atoms with van der Waals surface area (Å²) in [6.45, 7) is 1.08. The van der Waals surface area contributed by atoms with Gasteiger partial charge in [-0.15, -0.1) is 5.10 Å². The van der Waals surface area contributed by atoms with Crippen molar-refractivity contribution in [3.8, 4) is 0 Å². The van der Waals surface area contributed by atoms with Gasteiger partial charge in [-0.3, -0.25) is 4.79 Å². The molecular weight excluding hydrogens is 210 g/mol. The fraction of sp³-hybridized carbons (Fsp3) is 0.667. The van der Waals surface area contributed by atoms with E-state index in [-0.39, 0.29) is 5.91 Å². The summed E-state index contributed by atoms with van der Waals surface area (Å²) < 4.78 is 5.36. The lowest BCUT2D eigenvalue weighted by Gasteiger charge is -2.12. The predicted octanol–water partition coefficient (Wildman–Crippen LogP) is -0.639. The average Bonchev–Trinajstić information content (AvgIpc) is 2.74. The second-order valence-electron chi connectivity index (χ2n) is 3.35. The van der Waals surface area contributed by atoms with Crippen LogP contribution in [0.5, 0.6) is 0 Å². The fourth-order valence-corrected chi connectivity index (χ4v) is 1.11. The van der Waals surface area contributed by atoms with E-state index in [1.165, 1.54) is 0 Å². The smallest absolute Gasteiger partial charge is 0.317 e. The van der Waals surface area contributed by atoms with Gasteiger partial charge in [0.2, 0.25) is 11.8 Å². The van der Waals surface area contributed by atoms with E-state index in [1.807, 2.05) is 0 Å². The SMILES string of the molecule is CNCc1nnc(N(C)CCC(=O)NC)o1. The zero-order valence-electron chi connectivity index (χ0n) is 9.78. The van der Waals surface area contributed by atoms with Gasteiger partial charge in [0.15, 0.2) is 0 Å². The molecule has 1 heterocycles. The van der Waals surface area contributed by atoms with Crippen molar-refractivity contribution in [2.45, 2.75) is 13.0 Å². The molecule has 90 valence electrons. The number of nitrogens with one attached hydrogen (secondary N) is 2. The molecule has 0 saturated carbocycles. The molecule has 1 aromatic heterocycles. The van der Waals surface area contributed by atoms with Crippen LogP contribution in [0.1, 0.15) is 12.3 Å². The molecule has 1 rings (SSSR count). The molecule has 0 fully saturated rings. The highest BCUT2D eigenvalue weighted by Gasteiger charge is 2.11. The van der Waals surface area contributed by atoms with E-state index in [2.05, 4.69) is 20.8 Å². The minimum Gasteiger partial charge on any atom is -0.407 e. The molecule has 2 N–H and O–H groups in total. The molecule has 0 radical (unpaired) electrons. The van der Waals surface area contributed by atoms with Gasteiger partial charge >= 0.3 is 6.01 Å². The summed E-state index contributed by atoms with van der Waals surface area (Å²) in [5, 5.41) is 13.2. The molecule has 0 aromatic carbocycles. The number of hydrogen-bond donors (Lipinski definition) is 2. The van der Waals surface area contributed by atoms with Crippen LogP contribution in [-0.2, 0) is 11.3 Å². The highest BCUT2D eigenvalue weighted by atomic mass is 16.4. The zero-order valence-corrected chi connectivity index (χ0v) is 9.78. The van der Waals surface area contributed by atoms with Crippen molar-refractivity contribution in [3.63, 3.8) is 0 Å². The molecule has 16 heavy (non-hydrogen) atoms. The van der Waals surface area contributed by atoms with E-state index in [1.54, 1.807) is 26.0 Å². The first-order chi connectivity index (χ1) is 7.67. The number of rotatable bonds is 6. The number of amides is 1. The Hall–Kier alpha value is -1.63. The summed E-state index contributed by atoms with van der Waals surface area (Å²) in [7, 11) is 5.22. The lowest BCUT2D eigenvalue weighted by molar-refractivity contribution is -0.120. The maximum Gasteiger partial charge on any atom is 0.317 e. The van der Waals surface area contributed by atoms with Crippen molar-refractivity contribution < 1.29 is 9.21 Å². The Labute approximate surface area is 94.2 Å². The van der Waals surface area contributed by atoms with E-state index < -0.39 is 0 Å². The molecule has 0 atom stereocenters. The number of nitrogens with zero attached hydrogens (tertiary/aromatic N) is 3. The monoisotopic (exact) mass is 227 g/mol. The molecule has 0 aliphatic carbocycles. The van der Waals surface area contributed by atoms with Gasteiger partial charge in [0.05, 0.1) is 6.54 Å². The lowest BCUT2D eigenvalue weighted by atomic mass is 10.4. The molecular formula is C9H17N5O2. The van der Waals surface area contributed by atoms with Gasteiger partial charge in [-0.25, -0.2) is 0 Å². The second-order valence-corrected chi connectivity index (χ2v) is 3.35. The van der Waals surface area contributed by atoms with Crippen LogP contribution in [0.15, 0.2) is 4.42 Å². The number of hydrogen-bond acceptors (Lipinski definition) is 6. The largest absolute Gasteiger partial charge is 0.407 e. The third-order valence-corrected chi connectivity index (χ3v) is 2.06. The number of anilines is 1. The van der Waals surface area contributed by atoms with Gasteiger partial charge in [-0.1, -0.05) is 5.10 Å². The molecule has 0 unspecified atom stereocenters. The molecule has 7 heteroatoms. The fourth-order valence-electron chi connectivity index (χ4n) is 1.11. The zero-order chi connectivity index (χ0) is 12.0. The van der Waals surface area contributed by atoms with E-state index in [0.29, 0.717) is 31.4 Å². The Balaban J connectivity index is 2.45. The van der Waals surface area contributed by atoms with Crippen LogP contribution in [0.25, 0.3) is 0 Å². The number of aromatic nitrogens is 2. The topological polar surface area (TPSA) is 83.3 Å². The molecule has 0 aliphatic heterocycles. The van der Waals surface area contributed by atoms with Crippen LogP contribution >= 0.6 is 0 Å². The van der Waals surface area contributed by atoms with Gasteiger partial charge in [0, 0.05) is 27.1 Å². The Bertz CT molecular complexity index is 338. The molecule has 0 saturated heterocycles. The summed E-state index contributed by atoms with van der Waals surface area (Å²) in [6, 6.07) is 0.425. The Morgan fingerprint density at radius 3 is 2.81 bits per heavy atom. The first-order valence-corrected chi connectivity index (χ1v) is 5.06. The molecule has 0 aliphatic rings.